The van der Waals surface area contributed by atoms with Gasteiger partial charge in [0.1, 0.15) is 10.0 Å². The molecule has 114 valence electrons. The molecule has 1 N–H and O–H groups in total. The van der Waals surface area contributed by atoms with Crippen LogP contribution in [-0.2, 0) is 16.7 Å². The second-order valence-electron chi connectivity index (χ2n) is 6.00. The minimum absolute atomic E-state index is 0.177. The second kappa shape index (κ2) is 7.11. The lowest BCUT2D eigenvalue weighted by molar-refractivity contribution is 0.199. The zero-order valence-corrected chi connectivity index (χ0v) is 14.0. The van der Waals surface area contributed by atoms with Gasteiger partial charge in [0.2, 0.25) is 0 Å². The molecule has 2 aromatic rings. The molecular formula is C16H23N3OS. The van der Waals surface area contributed by atoms with Gasteiger partial charge in [-0.15, -0.1) is 10.2 Å². The van der Waals surface area contributed by atoms with Gasteiger partial charge in [-0.1, -0.05) is 56.4 Å². The van der Waals surface area contributed by atoms with Crippen molar-refractivity contribution in [1.29, 1.82) is 0 Å². The van der Waals surface area contributed by atoms with E-state index in [0.29, 0.717) is 6.61 Å². The summed E-state index contributed by atoms with van der Waals surface area (Å²) in [6.07, 6.45) is 0. The van der Waals surface area contributed by atoms with Gasteiger partial charge in [0.25, 0.3) is 0 Å². The van der Waals surface area contributed by atoms with E-state index in [-0.39, 0.29) is 5.41 Å². The molecule has 0 radical (unpaired) electrons. The molecular weight excluding hydrogens is 282 g/mol. The number of ether oxygens (including phenoxy) is 1. The Morgan fingerprint density at radius 1 is 1.14 bits per heavy atom. The van der Waals surface area contributed by atoms with Gasteiger partial charge in [-0.3, -0.25) is 0 Å². The summed E-state index contributed by atoms with van der Waals surface area (Å²) in [6.45, 7) is 8.93. The Balaban J connectivity index is 2.00. The molecule has 1 aromatic heterocycles. The van der Waals surface area contributed by atoms with Gasteiger partial charge in [0.15, 0.2) is 0 Å². The quantitative estimate of drug-likeness (QED) is 0.832. The zero-order chi connectivity index (χ0) is 15.3. The van der Waals surface area contributed by atoms with Gasteiger partial charge in [0, 0.05) is 25.8 Å². The fourth-order valence-corrected chi connectivity index (χ4v) is 2.74. The smallest absolute Gasteiger partial charge is 0.147 e. The van der Waals surface area contributed by atoms with Gasteiger partial charge in [-0.25, -0.2) is 0 Å². The van der Waals surface area contributed by atoms with Crippen molar-refractivity contribution in [1.82, 2.24) is 15.5 Å². The number of hydrogen-bond donors (Lipinski definition) is 1. The zero-order valence-electron chi connectivity index (χ0n) is 13.1. The van der Waals surface area contributed by atoms with E-state index < -0.39 is 0 Å². The van der Waals surface area contributed by atoms with Crippen LogP contribution in [0.5, 0.6) is 0 Å². The third-order valence-corrected chi connectivity index (χ3v) is 4.20. The molecule has 0 aliphatic rings. The van der Waals surface area contributed by atoms with Crippen LogP contribution in [0.3, 0.4) is 0 Å². The van der Waals surface area contributed by atoms with Crippen LogP contribution in [-0.4, -0.2) is 30.5 Å². The molecule has 2 rings (SSSR count). The number of nitrogens with zero attached hydrogens (tertiary/aromatic N) is 2. The molecule has 0 saturated heterocycles. The van der Waals surface area contributed by atoms with Gasteiger partial charge >= 0.3 is 0 Å². The number of nitrogens with one attached hydrogen (secondary N) is 1. The monoisotopic (exact) mass is 305 g/mol. The fraction of sp³-hybridized carbons (Fsp3) is 0.500. The third kappa shape index (κ3) is 4.59. The van der Waals surface area contributed by atoms with Crippen LogP contribution in [0.25, 0.3) is 10.6 Å². The first-order valence-electron chi connectivity index (χ1n) is 7.13. The van der Waals surface area contributed by atoms with Gasteiger partial charge in [-0.2, -0.15) is 0 Å². The SMILES string of the molecule is COCCNCc1nnc(-c2ccc(C(C)(C)C)cc2)s1. The maximum Gasteiger partial charge on any atom is 0.147 e. The van der Waals surface area contributed by atoms with Crippen LogP contribution < -0.4 is 5.32 Å². The van der Waals surface area contributed by atoms with Crippen molar-refractivity contribution in [3.05, 3.63) is 34.8 Å². The Morgan fingerprint density at radius 3 is 2.48 bits per heavy atom. The van der Waals surface area contributed by atoms with E-state index >= 15 is 0 Å². The minimum atomic E-state index is 0.177. The summed E-state index contributed by atoms with van der Waals surface area (Å²) in [7, 11) is 1.70. The van der Waals surface area contributed by atoms with Crippen LogP contribution in [0.4, 0.5) is 0 Å². The Kier molecular flexibility index (Phi) is 5.45. The molecule has 0 aliphatic carbocycles. The maximum atomic E-state index is 5.00. The normalized spacial score (nSPS) is 11.8. The highest BCUT2D eigenvalue weighted by atomic mass is 32.1. The van der Waals surface area contributed by atoms with Crippen molar-refractivity contribution in [2.24, 2.45) is 0 Å². The van der Waals surface area contributed by atoms with Gasteiger partial charge in [-0.05, 0) is 11.0 Å². The standard InChI is InChI=1S/C16H23N3OS/c1-16(2,3)13-7-5-12(6-8-13)15-19-18-14(21-15)11-17-9-10-20-4/h5-8,17H,9-11H2,1-4H3. The number of methoxy groups -OCH3 is 1. The van der Waals surface area contributed by atoms with E-state index in [4.69, 9.17) is 4.74 Å². The van der Waals surface area contributed by atoms with Crippen molar-refractivity contribution in [2.75, 3.05) is 20.3 Å². The van der Waals surface area contributed by atoms with Gasteiger partial charge in [0.05, 0.1) is 6.61 Å². The Morgan fingerprint density at radius 2 is 1.86 bits per heavy atom. The van der Waals surface area contributed by atoms with Crippen LogP contribution in [0, 0.1) is 0 Å². The van der Waals surface area contributed by atoms with Crippen LogP contribution in [0.15, 0.2) is 24.3 Å². The molecule has 21 heavy (non-hydrogen) atoms. The molecule has 1 aromatic carbocycles. The highest BCUT2D eigenvalue weighted by Gasteiger charge is 2.14. The van der Waals surface area contributed by atoms with E-state index in [0.717, 1.165) is 28.7 Å². The lowest BCUT2D eigenvalue weighted by Gasteiger charge is -2.18. The molecule has 0 bridgehead atoms. The summed E-state index contributed by atoms with van der Waals surface area (Å²) in [6, 6.07) is 8.60. The summed E-state index contributed by atoms with van der Waals surface area (Å²) in [5.41, 5.74) is 2.64. The minimum Gasteiger partial charge on any atom is -0.383 e. The number of rotatable bonds is 6. The molecule has 0 aliphatic heterocycles. The van der Waals surface area contributed by atoms with Crippen LogP contribution in [0.2, 0.25) is 0 Å². The molecule has 1 heterocycles. The summed E-state index contributed by atoms with van der Waals surface area (Å²) < 4.78 is 5.00. The summed E-state index contributed by atoms with van der Waals surface area (Å²) in [5.74, 6) is 0. The number of aromatic nitrogens is 2. The van der Waals surface area contributed by atoms with E-state index in [2.05, 4.69) is 60.6 Å². The summed E-state index contributed by atoms with van der Waals surface area (Å²) in [4.78, 5) is 0. The fourth-order valence-electron chi connectivity index (χ4n) is 1.92. The number of hydrogen-bond acceptors (Lipinski definition) is 5. The van der Waals surface area contributed by atoms with E-state index in [1.54, 1.807) is 18.4 Å². The van der Waals surface area contributed by atoms with Crippen molar-refractivity contribution < 1.29 is 4.74 Å². The highest BCUT2D eigenvalue weighted by molar-refractivity contribution is 7.14. The van der Waals surface area contributed by atoms with Crippen molar-refractivity contribution in [2.45, 2.75) is 32.7 Å². The maximum absolute atomic E-state index is 5.00. The van der Waals surface area contributed by atoms with Crippen molar-refractivity contribution in [3.63, 3.8) is 0 Å². The van der Waals surface area contributed by atoms with E-state index in [1.165, 1.54) is 5.56 Å². The topological polar surface area (TPSA) is 47.0 Å². The van der Waals surface area contributed by atoms with E-state index in [9.17, 15) is 0 Å². The average molecular weight is 305 g/mol. The van der Waals surface area contributed by atoms with Crippen molar-refractivity contribution in [3.8, 4) is 10.6 Å². The summed E-state index contributed by atoms with van der Waals surface area (Å²) >= 11 is 1.63. The molecule has 0 amide bonds. The average Bonchev–Trinajstić information content (AvgIpc) is 2.92. The second-order valence-corrected chi connectivity index (χ2v) is 7.06. The van der Waals surface area contributed by atoms with Crippen LogP contribution in [0.1, 0.15) is 31.3 Å². The molecule has 4 nitrogen and oxygen atoms in total. The predicted molar refractivity (Wildman–Crippen MR) is 87.6 cm³/mol. The van der Waals surface area contributed by atoms with Crippen LogP contribution >= 0.6 is 11.3 Å². The van der Waals surface area contributed by atoms with Gasteiger partial charge < -0.3 is 10.1 Å². The Labute approximate surface area is 130 Å². The summed E-state index contributed by atoms with van der Waals surface area (Å²) in [5, 5.41) is 13.8. The first-order chi connectivity index (χ1) is 10.0. The molecule has 0 fully saturated rings. The van der Waals surface area contributed by atoms with Crippen molar-refractivity contribution >= 4 is 11.3 Å². The third-order valence-electron chi connectivity index (χ3n) is 3.22. The molecule has 0 saturated carbocycles. The lowest BCUT2D eigenvalue weighted by Crippen LogP contribution is -2.18. The molecule has 5 heteroatoms. The Bertz CT molecular complexity index is 558. The molecule has 0 atom stereocenters. The highest BCUT2D eigenvalue weighted by Crippen LogP contribution is 2.27. The van der Waals surface area contributed by atoms with E-state index in [1.807, 2.05) is 0 Å². The Hall–Kier alpha value is -1.30. The molecule has 0 spiro atoms. The first kappa shape index (κ1) is 16.1. The molecule has 0 unspecified atom stereocenters. The lowest BCUT2D eigenvalue weighted by atomic mass is 9.87. The number of benzene rings is 1. The first-order valence-corrected chi connectivity index (χ1v) is 7.95. The largest absolute Gasteiger partial charge is 0.383 e. The predicted octanol–water partition coefficient (Wildman–Crippen LogP) is 3.24.